The van der Waals surface area contributed by atoms with Crippen molar-refractivity contribution in [2.24, 2.45) is 5.84 Å². The molecule has 7 nitrogen and oxygen atoms in total. The Bertz CT molecular complexity index is 434. The lowest BCUT2D eigenvalue weighted by molar-refractivity contribution is -0.0573. The first kappa shape index (κ1) is 14.0. The molecule has 0 saturated carbocycles. The number of hydrogen-bond donors (Lipinski definition) is 3. The summed E-state index contributed by atoms with van der Waals surface area (Å²) in [5.41, 5.74) is 2.65. The summed E-state index contributed by atoms with van der Waals surface area (Å²) in [5.74, 6) is 6.45. The summed E-state index contributed by atoms with van der Waals surface area (Å²) in [4.78, 5) is 10.3. The van der Waals surface area contributed by atoms with Crippen molar-refractivity contribution in [2.75, 3.05) is 37.1 Å². The number of nitrogens with two attached hydrogens (primary N) is 1. The minimum Gasteiger partial charge on any atom is -0.388 e. The van der Waals surface area contributed by atoms with E-state index in [-0.39, 0.29) is 0 Å². The highest BCUT2D eigenvalue weighted by Crippen LogP contribution is 2.24. The number of aryl methyl sites for hydroxylation is 1. The quantitative estimate of drug-likeness (QED) is 0.524. The molecule has 4 N–H and O–H groups in total. The molecule has 0 aromatic carbocycles. The summed E-state index contributed by atoms with van der Waals surface area (Å²) < 4.78 is 5.28. The van der Waals surface area contributed by atoms with Gasteiger partial charge in [-0.25, -0.2) is 10.8 Å². The average Bonchev–Trinajstić information content (AvgIpc) is 2.39. The summed E-state index contributed by atoms with van der Waals surface area (Å²) in [6.07, 6.45) is 3.00. The summed E-state index contributed by atoms with van der Waals surface area (Å²) in [6, 6.07) is 0. The Kier molecular flexibility index (Phi) is 4.18. The van der Waals surface area contributed by atoms with Crippen molar-refractivity contribution in [3.8, 4) is 0 Å². The lowest BCUT2D eigenvalue weighted by Gasteiger charge is -2.36. The number of nitrogen functional groups attached to an aromatic ring is 1. The minimum absolute atomic E-state index is 0.367. The summed E-state index contributed by atoms with van der Waals surface area (Å²) in [6.45, 7) is 3.64. The van der Waals surface area contributed by atoms with Crippen LogP contribution in [0.1, 0.15) is 18.4 Å². The zero-order chi connectivity index (χ0) is 13.9. The molecule has 19 heavy (non-hydrogen) atoms. The van der Waals surface area contributed by atoms with Crippen molar-refractivity contribution in [3.63, 3.8) is 0 Å². The maximum atomic E-state index is 10.5. The van der Waals surface area contributed by atoms with Crippen LogP contribution in [0.2, 0.25) is 0 Å². The van der Waals surface area contributed by atoms with Crippen LogP contribution in [0.25, 0.3) is 0 Å². The van der Waals surface area contributed by atoms with Gasteiger partial charge >= 0.3 is 0 Å². The minimum atomic E-state index is -0.722. The largest absolute Gasteiger partial charge is 0.388 e. The molecule has 2 rings (SSSR count). The van der Waals surface area contributed by atoms with E-state index in [1.54, 1.807) is 6.20 Å². The predicted molar refractivity (Wildman–Crippen MR) is 72.9 cm³/mol. The first-order valence-electron chi connectivity index (χ1n) is 6.36. The van der Waals surface area contributed by atoms with Crippen LogP contribution in [0.15, 0.2) is 6.20 Å². The molecule has 1 fully saturated rings. The summed E-state index contributed by atoms with van der Waals surface area (Å²) >= 11 is 0. The molecule has 0 unspecified atom stereocenters. The van der Waals surface area contributed by atoms with Crippen LogP contribution in [0, 0.1) is 6.92 Å². The fraction of sp³-hybridized carbons (Fsp3) is 0.667. The number of rotatable bonds is 4. The van der Waals surface area contributed by atoms with Crippen molar-refractivity contribution >= 4 is 11.8 Å². The van der Waals surface area contributed by atoms with E-state index in [0.29, 0.717) is 38.5 Å². The van der Waals surface area contributed by atoms with Crippen molar-refractivity contribution in [2.45, 2.75) is 25.4 Å². The van der Waals surface area contributed by atoms with Crippen LogP contribution in [0.5, 0.6) is 0 Å². The molecule has 0 aliphatic carbocycles. The third kappa shape index (κ3) is 3.31. The van der Waals surface area contributed by atoms with Gasteiger partial charge in [-0.05, 0) is 6.92 Å². The van der Waals surface area contributed by atoms with E-state index in [9.17, 15) is 5.11 Å². The second kappa shape index (κ2) is 5.68. The topological polar surface area (TPSA) is 96.5 Å². The van der Waals surface area contributed by atoms with E-state index in [2.05, 4.69) is 15.4 Å². The van der Waals surface area contributed by atoms with E-state index in [0.717, 1.165) is 11.4 Å². The van der Waals surface area contributed by atoms with Gasteiger partial charge in [-0.2, -0.15) is 4.98 Å². The number of nitrogens with one attached hydrogen (secondary N) is 1. The van der Waals surface area contributed by atoms with E-state index < -0.39 is 5.60 Å². The lowest BCUT2D eigenvalue weighted by Crippen LogP contribution is -2.46. The maximum absolute atomic E-state index is 10.5. The first-order valence-corrected chi connectivity index (χ1v) is 6.36. The van der Waals surface area contributed by atoms with Crippen molar-refractivity contribution in [1.29, 1.82) is 0 Å². The van der Waals surface area contributed by atoms with Crippen LogP contribution in [0.3, 0.4) is 0 Å². The van der Waals surface area contributed by atoms with Crippen LogP contribution in [0.4, 0.5) is 11.8 Å². The molecule has 2 heterocycles. The molecule has 0 bridgehead atoms. The first-order chi connectivity index (χ1) is 9.04. The molecule has 1 aromatic rings. The maximum Gasteiger partial charge on any atom is 0.239 e. The molecule has 1 saturated heterocycles. The summed E-state index contributed by atoms with van der Waals surface area (Å²) in [7, 11) is 1.91. The van der Waals surface area contributed by atoms with Gasteiger partial charge in [0.1, 0.15) is 5.82 Å². The van der Waals surface area contributed by atoms with Crippen molar-refractivity contribution < 1.29 is 9.84 Å². The Hall–Kier alpha value is -1.44. The third-order valence-corrected chi connectivity index (χ3v) is 3.39. The van der Waals surface area contributed by atoms with Gasteiger partial charge in [0.05, 0.1) is 5.60 Å². The van der Waals surface area contributed by atoms with Gasteiger partial charge in [-0.1, -0.05) is 0 Å². The van der Waals surface area contributed by atoms with E-state index in [1.807, 2.05) is 18.9 Å². The number of anilines is 2. The fourth-order valence-electron chi connectivity index (χ4n) is 2.31. The molecular weight excluding hydrogens is 246 g/mol. The van der Waals surface area contributed by atoms with Gasteiger partial charge in [0.15, 0.2) is 0 Å². The van der Waals surface area contributed by atoms with Gasteiger partial charge < -0.3 is 14.7 Å². The highest BCUT2D eigenvalue weighted by molar-refractivity contribution is 5.48. The molecule has 0 atom stereocenters. The Balaban J connectivity index is 2.12. The Morgan fingerprint density at radius 1 is 1.53 bits per heavy atom. The molecular formula is C12H21N5O2. The Morgan fingerprint density at radius 2 is 2.21 bits per heavy atom. The lowest BCUT2D eigenvalue weighted by atomic mass is 9.94. The monoisotopic (exact) mass is 267 g/mol. The standard InChI is InChI=1S/C12H21N5O2/c1-9-7-14-11(16-13)15-10(9)17(2)8-12(18)3-5-19-6-4-12/h7,18H,3-6,8,13H2,1-2H3,(H,14,15,16). The molecule has 106 valence electrons. The van der Waals surface area contributed by atoms with Crippen LogP contribution in [-0.4, -0.2) is 47.5 Å². The number of aliphatic hydroxyl groups is 1. The Morgan fingerprint density at radius 3 is 2.84 bits per heavy atom. The van der Waals surface area contributed by atoms with E-state index in [4.69, 9.17) is 10.6 Å². The third-order valence-electron chi connectivity index (χ3n) is 3.39. The Labute approximate surface area is 112 Å². The number of ether oxygens (including phenoxy) is 1. The van der Waals surface area contributed by atoms with Gasteiger partial charge in [-0.15, -0.1) is 0 Å². The molecule has 0 spiro atoms. The normalized spacial score (nSPS) is 18.1. The fourth-order valence-corrected chi connectivity index (χ4v) is 2.31. The van der Waals surface area contributed by atoms with Gasteiger partial charge in [0.2, 0.25) is 5.95 Å². The van der Waals surface area contributed by atoms with E-state index in [1.165, 1.54) is 0 Å². The molecule has 0 radical (unpaired) electrons. The SMILES string of the molecule is Cc1cnc(NN)nc1N(C)CC1(O)CCOCC1. The highest BCUT2D eigenvalue weighted by atomic mass is 16.5. The predicted octanol–water partition coefficient (Wildman–Crippen LogP) is 0.0483. The van der Waals surface area contributed by atoms with E-state index >= 15 is 0 Å². The van der Waals surface area contributed by atoms with Crippen LogP contribution < -0.4 is 16.2 Å². The smallest absolute Gasteiger partial charge is 0.239 e. The average molecular weight is 267 g/mol. The van der Waals surface area contributed by atoms with Crippen molar-refractivity contribution in [1.82, 2.24) is 9.97 Å². The van der Waals surface area contributed by atoms with Gasteiger partial charge in [0.25, 0.3) is 0 Å². The molecule has 1 aromatic heterocycles. The molecule has 1 aliphatic heterocycles. The van der Waals surface area contributed by atoms with Crippen LogP contribution in [-0.2, 0) is 4.74 Å². The molecule has 7 heteroatoms. The van der Waals surface area contributed by atoms with Gasteiger partial charge in [-0.3, -0.25) is 5.43 Å². The number of aromatic nitrogens is 2. The second-order valence-electron chi connectivity index (χ2n) is 5.04. The number of hydrogen-bond acceptors (Lipinski definition) is 7. The molecule has 1 aliphatic rings. The van der Waals surface area contributed by atoms with Crippen LogP contribution >= 0.6 is 0 Å². The molecule has 0 amide bonds. The second-order valence-corrected chi connectivity index (χ2v) is 5.04. The van der Waals surface area contributed by atoms with Crippen molar-refractivity contribution in [3.05, 3.63) is 11.8 Å². The number of nitrogens with zero attached hydrogens (tertiary/aromatic N) is 3. The number of hydrazine groups is 1. The van der Waals surface area contributed by atoms with Gasteiger partial charge in [0, 0.05) is 51.4 Å². The zero-order valence-electron chi connectivity index (χ0n) is 11.4. The highest BCUT2D eigenvalue weighted by Gasteiger charge is 2.31. The summed E-state index contributed by atoms with van der Waals surface area (Å²) in [5, 5.41) is 10.5. The number of likely N-dealkylation sites (N-methyl/N-ethyl adjacent to an activating group) is 1. The zero-order valence-corrected chi connectivity index (χ0v) is 11.4.